The number of nitro benzene ring substituents is 1. The first kappa shape index (κ1) is 21.9. The van der Waals surface area contributed by atoms with Gasteiger partial charge in [-0.25, -0.2) is 4.98 Å². The third-order valence-electron chi connectivity index (χ3n) is 4.05. The summed E-state index contributed by atoms with van der Waals surface area (Å²) in [7, 11) is 0. The molecule has 9 nitrogen and oxygen atoms in total. The highest BCUT2D eigenvalue weighted by molar-refractivity contribution is 7.22. The monoisotopic (exact) mass is 464 g/mol. The summed E-state index contributed by atoms with van der Waals surface area (Å²) >= 11 is 13.1. The van der Waals surface area contributed by atoms with E-state index in [1.807, 2.05) is 17.0 Å². The van der Waals surface area contributed by atoms with Crippen molar-refractivity contribution in [3.05, 3.63) is 50.5 Å². The summed E-state index contributed by atoms with van der Waals surface area (Å²) in [5.74, 6) is 0. The summed E-state index contributed by atoms with van der Waals surface area (Å²) in [4.78, 5) is 16.6. The molecule has 154 valence electrons. The van der Waals surface area contributed by atoms with E-state index in [-0.39, 0.29) is 27.5 Å². The summed E-state index contributed by atoms with van der Waals surface area (Å²) in [5, 5.41) is 37.4. The van der Waals surface area contributed by atoms with Gasteiger partial charge >= 0.3 is 5.69 Å². The maximum Gasteiger partial charge on any atom is 0.307 e. The van der Waals surface area contributed by atoms with Crippen LogP contribution < -0.4 is 4.90 Å². The lowest BCUT2D eigenvalue weighted by atomic mass is 10.2. The van der Waals surface area contributed by atoms with E-state index in [4.69, 9.17) is 28.5 Å². The van der Waals surface area contributed by atoms with Gasteiger partial charge in [-0.3, -0.25) is 10.1 Å². The summed E-state index contributed by atoms with van der Waals surface area (Å²) in [6, 6.07) is 10.6. The molecule has 3 aromatic rings. The number of benzene rings is 2. The maximum atomic E-state index is 11.1. The number of nitriles is 1. The number of nitrogens with zero attached hydrogens (tertiary/aromatic N) is 6. The van der Waals surface area contributed by atoms with Gasteiger partial charge in [-0.15, -0.1) is 10.2 Å². The van der Waals surface area contributed by atoms with Crippen molar-refractivity contribution >= 4 is 66.9 Å². The van der Waals surface area contributed by atoms with Gasteiger partial charge in [0.2, 0.25) is 5.13 Å². The van der Waals surface area contributed by atoms with E-state index in [2.05, 4.69) is 21.3 Å². The van der Waals surface area contributed by atoms with Crippen LogP contribution in [0.15, 0.2) is 40.6 Å². The third-order valence-corrected chi connectivity index (χ3v) is 5.79. The second-order valence-electron chi connectivity index (χ2n) is 5.96. The molecule has 0 amide bonds. The van der Waals surface area contributed by atoms with Gasteiger partial charge in [-0.05, 0) is 30.3 Å². The van der Waals surface area contributed by atoms with E-state index in [0.29, 0.717) is 35.4 Å². The van der Waals surface area contributed by atoms with Gasteiger partial charge in [-0.2, -0.15) is 5.26 Å². The molecule has 1 aromatic heterocycles. The summed E-state index contributed by atoms with van der Waals surface area (Å²) in [6.07, 6.45) is 0.351. The highest BCUT2D eigenvalue weighted by atomic mass is 35.5. The van der Waals surface area contributed by atoms with Gasteiger partial charge in [0, 0.05) is 18.8 Å². The van der Waals surface area contributed by atoms with Crippen LogP contribution in [0.3, 0.4) is 0 Å². The van der Waals surface area contributed by atoms with Crippen LogP contribution in [0.1, 0.15) is 6.42 Å². The fourth-order valence-electron chi connectivity index (χ4n) is 2.69. The normalized spacial score (nSPS) is 11.1. The molecule has 2 aromatic carbocycles. The molecule has 0 spiro atoms. The van der Waals surface area contributed by atoms with Gasteiger partial charge in [0.15, 0.2) is 0 Å². The summed E-state index contributed by atoms with van der Waals surface area (Å²) in [5.41, 5.74) is 1.46. The lowest BCUT2D eigenvalue weighted by Gasteiger charge is -2.22. The highest BCUT2D eigenvalue weighted by Gasteiger charge is 2.23. The second kappa shape index (κ2) is 9.77. The fraction of sp³-hybridized carbons (Fsp3) is 0.222. The molecule has 0 unspecified atom stereocenters. The number of fused-ring (bicyclic) bond motifs is 1. The van der Waals surface area contributed by atoms with Crippen molar-refractivity contribution in [2.24, 2.45) is 10.2 Å². The smallest absolute Gasteiger partial charge is 0.307 e. The maximum absolute atomic E-state index is 11.1. The van der Waals surface area contributed by atoms with E-state index in [0.717, 1.165) is 17.0 Å². The average molecular weight is 465 g/mol. The number of rotatable bonds is 8. The Morgan fingerprint density at radius 3 is 2.63 bits per heavy atom. The van der Waals surface area contributed by atoms with Gasteiger partial charge < -0.3 is 10.0 Å². The van der Waals surface area contributed by atoms with Crippen molar-refractivity contribution in [2.75, 3.05) is 24.6 Å². The molecule has 1 heterocycles. The summed E-state index contributed by atoms with van der Waals surface area (Å²) in [6.45, 7) is 0.915. The minimum absolute atomic E-state index is 0.0186. The minimum atomic E-state index is -0.636. The van der Waals surface area contributed by atoms with Crippen molar-refractivity contribution in [1.29, 1.82) is 5.26 Å². The van der Waals surface area contributed by atoms with Gasteiger partial charge in [-0.1, -0.05) is 34.5 Å². The van der Waals surface area contributed by atoms with E-state index >= 15 is 0 Å². The predicted molar refractivity (Wildman–Crippen MR) is 116 cm³/mol. The van der Waals surface area contributed by atoms with E-state index in [9.17, 15) is 15.2 Å². The Morgan fingerprint density at radius 2 is 2.00 bits per heavy atom. The Hall–Kier alpha value is -2.84. The van der Waals surface area contributed by atoms with E-state index in [1.54, 1.807) is 12.1 Å². The molecule has 0 radical (unpaired) electrons. The van der Waals surface area contributed by atoms with Crippen LogP contribution >= 0.6 is 34.5 Å². The number of halogens is 2. The van der Waals surface area contributed by atoms with Crippen LogP contribution in [-0.2, 0) is 0 Å². The number of hydrogen-bond acceptors (Lipinski definition) is 9. The van der Waals surface area contributed by atoms with Crippen molar-refractivity contribution in [1.82, 2.24) is 4.98 Å². The number of hydrogen-bond donors (Lipinski definition) is 1. The standard InChI is InChI=1S/C18H14Cl2N6O3S/c19-13-10-14-17(15(20)16(13)26(28)29)30-18(22-14)24-23-11-2-4-12(5-3-11)25(8-9-27)7-1-6-21/h2-5,10,27H,1,7-9H2. The Labute approximate surface area is 185 Å². The number of aliphatic hydroxyl groups excluding tert-OH is 1. The van der Waals surface area contributed by atoms with Crippen LogP contribution in [0.2, 0.25) is 10.0 Å². The molecule has 3 rings (SSSR count). The Bertz CT molecular complexity index is 1140. The molecule has 0 atom stereocenters. The number of azo groups is 1. The first-order chi connectivity index (χ1) is 14.4. The number of aromatic nitrogens is 1. The van der Waals surface area contributed by atoms with Crippen LogP contribution in [0, 0.1) is 21.4 Å². The Balaban J connectivity index is 1.82. The summed E-state index contributed by atoms with van der Waals surface area (Å²) < 4.78 is 0.411. The number of anilines is 1. The molecule has 0 aliphatic carbocycles. The quantitative estimate of drug-likeness (QED) is 0.261. The predicted octanol–water partition coefficient (Wildman–Crippen LogP) is 5.64. The SMILES string of the molecule is N#CCCN(CCO)c1ccc(N=Nc2nc3cc(Cl)c([N+](=O)[O-])c(Cl)c3s2)cc1. The van der Waals surface area contributed by atoms with Crippen molar-refractivity contribution in [3.8, 4) is 6.07 Å². The van der Waals surface area contributed by atoms with E-state index in [1.165, 1.54) is 6.07 Å². The van der Waals surface area contributed by atoms with Crippen molar-refractivity contribution in [2.45, 2.75) is 6.42 Å². The Kier molecular flexibility index (Phi) is 7.12. The Morgan fingerprint density at radius 1 is 1.27 bits per heavy atom. The van der Waals surface area contributed by atoms with Crippen LogP contribution in [-0.4, -0.2) is 34.7 Å². The zero-order valence-corrected chi connectivity index (χ0v) is 17.7. The van der Waals surface area contributed by atoms with Gasteiger partial charge in [0.1, 0.15) is 10.0 Å². The number of aliphatic hydroxyl groups is 1. The van der Waals surface area contributed by atoms with Crippen LogP contribution in [0.25, 0.3) is 10.2 Å². The highest BCUT2D eigenvalue weighted by Crippen LogP contribution is 2.43. The largest absolute Gasteiger partial charge is 0.395 e. The minimum Gasteiger partial charge on any atom is -0.395 e. The fourth-order valence-corrected chi connectivity index (χ4v) is 4.19. The van der Waals surface area contributed by atoms with Gasteiger partial charge in [0.25, 0.3) is 0 Å². The molecule has 1 N–H and O–H groups in total. The number of nitro groups is 1. The molecule has 0 fully saturated rings. The molecule has 12 heteroatoms. The zero-order valence-electron chi connectivity index (χ0n) is 15.3. The molecular formula is C18H14Cl2N6O3S. The lowest BCUT2D eigenvalue weighted by Crippen LogP contribution is -2.27. The first-order valence-corrected chi connectivity index (χ1v) is 10.2. The lowest BCUT2D eigenvalue weighted by molar-refractivity contribution is -0.384. The molecule has 30 heavy (non-hydrogen) atoms. The molecule has 0 bridgehead atoms. The molecule has 0 saturated carbocycles. The van der Waals surface area contributed by atoms with Crippen LogP contribution in [0.4, 0.5) is 22.2 Å². The first-order valence-electron chi connectivity index (χ1n) is 8.62. The third kappa shape index (κ3) is 4.83. The molecular weight excluding hydrogens is 451 g/mol. The molecule has 0 aliphatic heterocycles. The molecule has 0 aliphatic rings. The second-order valence-corrected chi connectivity index (χ2v) is 7.72. The topological polar surface area (TPSA) is 128 Å². The van der Waals surface area contributed by atoms with Gasteiger partial charge in [0.05, 0.1) is 39.9 Å². The van der Waals surface area contributed by atoms with Crippen molar-refractivity contribution in [3.63, 3.8) is 0 Å². The van der Waals surface area contributed by atoms with E-state index < -0.39 is 4.92 Å². The average Bonchev–Trinajstić information content (AvgIpc) is 3.13. The zero-order chi connectivity index (χ0) is 21.7. The number of thiazole rings is 1. The van der Waals surface area contributed by atoms with Crippen molar-refractivity contribution < 1.29 is 10.0 Å². The molecule has 0 saturated heterocycles. The van der Waals surface area contributed by atoms with Crippen LogP contribution in [0.5, 0.6) is 0 Å².